The highest BCUT2D eigenvalue weighted by Crippen LogP contribution is 2.35. The van der Waals surface area contributed by atoms with Gasteiger partial charge >= 0.3 is 0 Å². The third kappa shape index (κ3) is 2.35. The molecule has 0 heterocycles. The molecule has 2 nitrogen and oxygen atoms in total. The lowest BCUT2D eigenvalue weighted by Crippen LogP contribution is -2.34. The number of halogens is 1. The molecule has 3 heteroatoms. The molecule has 0 amide bonds. The number of nitrogens with two attached hydrogens (primary N) is 1. The van der Waals surface area contributed by atoms with Crippen LogP contribution in [0.2, 0.25) is 0 Å². The minimum Gasteiger partial charge on any atom is -0.271 e. The Morgan fingerprint density at radius 1 is 1.15 bits per heavy atom. The summed E-state index contributed by atoms with van der Waals surface area (Å²) in [6.45, 7) is 1.94. The molecular weight excluding hydrogens is 251 g/mol. The van der Waals surface area contributed by atoms with E-state index in [1.807, 2.05) is 13.0 Å². The van der Waals surface area contributed by atoms with Crippen LogP contribution in [-0.2, 0) is 12.8 Å². The molecule has 0 aliphatic heterocycles. The Morgan fingerprint density at radius 2 is 1.80 bits per heavy atom. The van der Waals surface area contributed by atoms with Crippen molar-refractivity contribution in [2.45, 2.75) is 25.8 Å². The van der Waals surface area contributed by atoms with E-state index in [-0.39, 0.29) is 11.9 Å². The molecule has 104 valence electrons. The summed E-state index contributed by atoms with van der Waals surface area (Å²) in [6.07, 6.45) is 2.03. The van der Waals surface area contributed by atoms with E-state index >= 15 is 0 Å². The van der Waals surface area contributed by atoms with Crippen LogP contribution in [0.15, 0.2) is 42.5 Å². The van der Waals surface area contributed by atoms with E-state index in [4.69, 9.17) is 5.84 Å². The molecule has 1 unspecified atom stereocenters. The monoisotopic (exact) mass is 270 g/mol. The Hall–Kier alpha value is -1.71. The first-order valence-corrected chi connectivity index (χ1v) is 6.98. The lowest BCUT2D eigenvalue weighted by molar-refractivity contribution is 0.378. The topological polar surface area (TPSA) is 38.0 Å². The molecule has 0 aromatic heterocycles. The van der Waals surface area contributed by atoms with Crippen molar-refractivity contribution in [2.75, 3.05) is 0 Å². The highest BCUT2D eigenvalue weighted by atomic mass is 19.1. The number of nitrogens with one attached hydrogen (secondary N) is 1. The molecule has 0 saturated heterocycles. The Balaban J connectivity index is 1.89. The Bertz CT molecular complexity index is 599. The predicted octanol–water partition coefficient (Wildman–Crippen LogP) is 3.05. The van der Waals surface area contributed by atoms with Gasteiger partial charge < -0.3 is 0 Å². The van der Waals surface area contributed by atoms with Gasteiger partial charge in [-0.2, -0.15) is 0 Å². The fourth-order valence-electron chi connectivity index (χ4n) is 3.30. The summed E-state index contributed by atoms with van der Waals surface area (Å²) in [5, 5.41) is 0. The van der Waals surface area contributed by atoms with Gasteiger partial charge in [-0.05, 0) is 60.1 Å². The summed E-state index contributed by atoms with van der Waals surface area (Å²) in [5.74, 6) is 6.00. The molecular formula is C17H19FN2. The number of benzene rings is 2. The minimum atomic E-state index is -0.197. The van der Waals surface area contributed by atoms with Crippen LogP contribution in [0.25, 0.3) is 0 Å². The highest BCUT2D eigenvalue weighted by molar-refractivity contribution is 5.36. The van der Waals surface area contributed by atoms with Crippen LogP contribution >= 0.6 is 0 Å². The van der Waals surface area contributed by atoms with Crippen molar-refractivity contribution >= 4 is 0 Å². The number of hydrazine groups is 1. The first-order chi connectivity index (χ1) is 9.69. The standard InChI is InChI=1S/C17H19FN2/c1-11-8-15(18)6-7-16(11)17(20-19)14-9-12-4-2-3-5-13(12)10-14/h2-8,14,17,20H,9-10,19H2,1H3. The highest BCUT2D eigenvalue weighted by Gasteiger charge is 2.29. The molecule has 3 rings (SSSR count). The third-order valence-electron chi connectivity index (χ3n) is 4.30. The van der Waals surface area contributed by atoms with Gasteiger partial charge in [0.1, 0.15) is 5.82 Å². The third-order valence-corrected chi connectivity index (χ3v) is 4.30. The van der Waals surface area contributed by atoms with Gasteiger partial charge in [-0.25, -0.2) is 4.39 Å². The zero-order valence-corrected chi connectivity index (χ0v) is 11.6. The Morgan fingerprint density at radius 3 is 2.35 bits per heavy atom. The molecule has 1 atom stereocenters. The maximum atomic E-state index is 13.3. The predicted molar refractivity (Wildman–Crippen MR) is 78.5 cm³/mol. The summed E-state index contributed by atoms with van der Waals surface area (Å²) in [4.78, 5) is 0. The van der Waals surface area contributed by atoms with Crippen LogP contribution in [-0.4, -0.2) is 0 Å². The van der Waals surface area contributed by atoms with Gasteiger partial charge in [-0.3, -0.25) is 11.3 Å². The lowest BCUT2D eigenvalue weighted by atomic mass is 9.88. The molecule has 2 aromatic carbocycles. The molecule has 0 fully saturated rings. The second-order valence-electron chi connectivity index (χ2n) is 5.58. The van der Waals surface area contributed by atoms with Gasteiger partial charge in [0.2, 0.25) is 0 Å². The average molecular weight is 270 g/mol. The molecule has 3 N–H and O–H groups in total. The van der Waals surface area contributed by atoms with Crippen molar-refractivity contribution in [3.8, 4) is 0 Å². The van der Waals surface area contributed by atoms with Crippen molar-refractivity contribution in [3.05, 3.63) is 70.5 Å². The second-order valence-corrected chi connectivity index (χ2v) is 5.58. The number of rotatable bonds is 3. The van der Waals surface area contributed by atoms with Gasteiger partial charge in [-0.1, -0.05) is 30.3 Å². The fourth-order valence-corrected chi connectivity index (χ4v) is 3.30. The lowest BCUT2D eigenvalue weighted by Gasteiger charge is -2.24. The normalized spacial score (nSPS) is 16.1. The van der Waals surface area contributed by atoms with Crippen LogP contribution in [0.5, 0.6) is 0 Å². The summed E-state index contributed by atoms with van der Waals surface area (Å²) in [5.41, 5.74) is 7.77. The molecule has 0 spiro atoms. The van der Waals surface area contributed by atoms with Gasteiger partial charge in [0.15, 0.2) is 0 Å². The van der Waals surface area contributed by atoms with E-state index in [1.54, 1.807) is 6.07 Å². The molecule has 0 saturated carbocycles. The maximum Gasteiger partial charge on any atom is 0.123 e. The van der Waals surface area contributed by atoms with Crippen LogP contribution in [0, 0.1) is 18.7 Å². The summed E-state index contributed by atoms with van der Waals surface area (Å²) in [7, 11) is 0. The van der Waals surface area contributed by atoms with E-state index in [1.165, 1.54) is 17.2 Å². The van der Waals surface area contributed by atoms with Crippen molar-refractivity contribution in [2.24, 2.45) is 11.8 Å². The van der Waals surface area contributed by atoms with E-state index < -0.39 is 0 Å². The van der Waals surface area contributed by atoms with Crippen LogP contribution in [0.3, 0.4) is 0 Å². The van der Waals surface area contributed by atoms with E-state index in [2.05, 4.69) is 29.7 Å². The number of hydrogen-bond donors (Lipinski definition) is 2. The number of hydrogen-bond acceptors (Lipinski definition) is 2. The summed E-state index contributed by atoms with van der Waals surface area (Å²) < 4.78 is 13.3. The van der Waals surface area contributed by atoms with Crippen LogP contribution in [0.1, 0.15) is 28.3 Å². The molecule has 1 aliphatic carbocycles. The average Bonchev–Trinajstić information content (AvgIpc) is 2.85. The van der Waals surface area contributed by atoms with Gasteiger partial charge in [0.05, 0.1) is 0 Å². The molecule has 0 radical (unpaired) electrons. The minimum absolute atomic E-state index is 0.0583. The van der Waals surface area contributed by atoms with E-state index in [0.717, 1.165) is 24.0 Å². The molecule has 1 aliphatic rings. The second kappa shape index (κ2) is 5.35. The van der Waals surface area contributed by atoms with Gasteiger partial charge in [0.25, 0.3) is 0 Å². The van der Waals surface area contributed by atoms with Crippen molar-refractivity contribution < 1.29 is 4.39 Å². The van der Waals surface area contributed by atoms with Crippen LogP contribution in [0.4, 0.5) is 4.39 Å². The van der Waals surface area contributed by atoms with Crippen molar-refractivity contribution in [1.82, 2.24) is 5.43 Å². The van der Waals surface area contributed by atoms with Gasteiger partial charge in [-0.15, -0.1) is 0 Å². The maximum absolute atomic E-state index is 13.3. The molecule has 2 aromatic rings. The SMILES string of the molecule is Cc1cc(F)ccc1C(NN)C1Cc2ccccc2C1. The molecule has 0 bridgehead atoms. The first kappa shape index (κ1) is 13.3. The summed E-state index contributed by atoms with van der Waals surface area (Å²) in [6, 6.07) is 13.5. The fraction of sp³-hybridized carbons (Fsp3) is 0.294. The van der Waals surface area contributed by atoms with Crippen molar-refractivity contribution in [3.63, 3.8) is 0 Å². The zero-order valence-electron chi connectivity index (χ0n) is 11.6. The largest absolute Gasteiger partial charge is 0.271 e. The number of fused-ring (bicyclic) bond motifs is 1. The zero-order chi connectivity index (χ0) is 14.1. The van der Waals surface area contributed by atoms with Crippen LogP contribution < -0.4 is 11.3 Å². The summed E-state index contributed by atoms with van der Waals surface area (Å²) >= 11 is 0. The smallest absolute Gasteiger partial charge is 0.123 e. The Kier molecular flexibility index (Phi) is 3.55. The Labute approximate surface area is 118 Å². The van der Waals surface area contributed by atoms with Crippen molar-refractivity contribution in [1.29, 1.82) is 0 Å². The van der Waals surface area contributed by atoms with E-state index in [0.29, 0.717) is 5.92 Å². The first-order valence-electron chi connectivity index (χ1n) is 6.98. The van der Waals surface area contributed by atoms with E-state index in [9.17, 15) is 4.39 Å². The molecule has 20 heavy (non-hydrogen) atoms. The van der Waals surface area contributed by atoms with Gasteiger partial charge in [0, 0.05) is 6.04 Å². The number of aryl methyl sites for hydroxylation is 1. The quantitative estimate of drug-likeness (QED) is 0.664.